The molecule has 2 aliphatic rings. The second-order valence-corrected chi connectivity index (χ2v) is 8.38. The zero-order valence-corrected chi connectivity index (χ0v) is 19.7. The number of hydrazone groups is 1. The van der Waals surface area contributed by atoms with Crippen LogP contribution in [-0.2, 0) is 15.9 Å². The number of aromatic nitrogens is 2. The fourth-order valence-electron chi connectivity index (χ4n) is 3.86. The average Bonchev–Trinajstić information content (AvgIpc) is 2.85. The van der Waals surface area contributed by atoms with Gasteiger partial charge in [0, 0.05) is 38.0 Å². The molecule has 180 valence electrons. The van der Waals surface area contributed by atoms with Crippen molar-refractivity contribution >= 4 is 17.6 Å². The molecule has 1 aromatic heterocycles. The highest BCUT2D eigenvalue weighted by Crippen LogP contribution is 2.17. The van der Waals surface area contributed by atoms with E-state index in [4.69, 9.17) is 9.47 Å². The molecule has 4 rings (SSSR count). The maximum absolute atomic E-state index is 12.5. The normalized spacial score (nSPS) is 17.0. The van der Waals surface area contributed by atoms with Crippen LogP contribution in [0, 0.1) is 5.92 Å². The van der Waals surface area contributed by atoms with Crippen LogP contribution in [0.3, 0.4) is 0 Å². The van der Waals surface area contributed by atoms with Crippen molar-refractivity contribution in [2.75, 3.05) is 38.7 Å². The van der Waals surface area contributed by atoms with Gasteiger partial charge in [-0.05, 0) is 56.5 Å². The van der Waals surface area contributed by atoms with E-state index in [-0.39, 0.29) is 5.43 Å². The summed E-state index contributed by atoms with van der Waals surface area (Å²) in [6.07, 6.45) is 7.11. The smallest absolute Gasteiger partial charge is 0.237 e. The number of nitrogens with one attached hydrogen (secondary N) is 2. The van der Waals surface area contributed by atoms with Crippen LogP contribution < -0.4 is 16.1 Å². The third-order valence-electron chi connectivity index (χ3n) is 5.73. The van der Waals surface area contributed by atoms with Crippen LogP contribution in [0.2, 0.25) is 0 Å². The summed E-state index contributed by atoms with van der Waals surface area (Å²) in [5.41, 5.74) is 5.93. The molecule has 0 spiro atoms. The lowest BCUT2D eigenvalue weighted by atomic mass is 9.99. The molecule has 9 heteroatoms. The quantitative estimate of drug-likeness (QED) is 0.412. The molecule has 2 N–H and O–H groups in total. The van der Waals surface area contributed by atoms with Crippen LogP contribution in [0.1, 0.15) is 31.0 Å². The molecular formula is C25H32N6O3. The van der Waals surface area contributed by atoms with Crippen molar-refractivity contribution in [3.05, 3.63) is 69.9 Å². The Morgan fingerprint density at radius 3 is 2.88 bits per heavy atom. The Kier molecular flexibility index (Phi) is 8.27. The molecule has 0 saturated carbocycles. The van der Waals surface area contributed by atoms with E-state index in [0.29, 0.717) is 36.9 Å². The predicted octanol–water partition coefficient (Wildman–Crippen LogP) is 2.47. The molecular weight excluding hydrogens is 432 g/mol. The number of anilines is 1. The van der Waals surface area contributed by atoms with Gasteiger partial charge in [0.05, 0.1) is 19.0 Å². The molecule has 0 amide bonds. The van der Waals surface area contributed by atoms with Crippen LogP contribution >= 0.6 is 0 Å². The van der Waals surface area contributed by atoms with E-state index in [1.807, 2.05) is 38.2 Å². The van der Waals surface area contributed by atoms with Gasteiger partial charge in [0.2, 0.25) is 11.8 Å². The van der Waals surface area contributed by atoms with Gasteiger partial charge in [-0.1, -0.05) is 17.9 Å². The monoisotopic (exact) mass is 464 g/mol. The van der Waals surface area contributed by atoms with Gasteiger partial charge in [-0.3, -0.25) is 9.80 Å². The number of benzene rings is 1. The molecule has 34 heavy (non-hydrogen) atoms. The highest BCUT2D eigenvalue weighted by molar-refractivity contribution is 6.01. The summed E-state index contributed by atoms with van der Waals surface area (Å²) < 4.78 is 13.4. The molecule has 3 heterocycles. The number of hydrogen-bond donors (Lipinski definition) is 2. The molecule has 0 bridgehead atoms. The predicted molar refractivity (Wildman–Crippen MR) is 132 cm³/mol. The van der Waals surface area contributed by atoms with Crippen molar-refractivity contribution in [1.82, 2.24) is 20.1 Å². The van der Waals surface area contributed by atoms with Gasteiger partial charge >= 0.3 is 0 Å². The maximum Gasteiger partial charge on any atom is 0.237 e. The highest BCUT2D eigenvalue weighted by atomic mass is 16.7. The zero-order chi connectivity index (χ0) is 23.8. The van der Waals surface area contributed by atoms with Gasteiger partial charge < -0.3 is 20.1 Å². The second kappa shape index (κ2) is 11.8. The van der Waals surface area contributed by atoms with Crippen LogP contribution in [0.15, 0.2) is 58.4 Å². The number of hydrogen-bond acceptors (Lipinski definition) is 8. The maximum atomic E-state index is 12.5. The SMILES string of the molecule is CCOC(Nc1cccc(Cc2nn(C3=C=CN(C)N=C3)ccc2=O)c1)OCC1CCNCC1. The lowest BCUT2D eigenvalue weighted by Crippen LogP contribution is -2.33. The minimum atomic E-state index is -0.523. The average molecular weight is 465 g/mol. The fourth-order valence-corrected chi connectivity index (χ4v) is 3.86. The highest BCUT2D eigenvalue weighted by Gasteiger charge is 2.17. The standard InChI is InChI=1S/C25H32N6O3/c1-3-33-25(34-18-19-7-11-26-12-8-19)28-21-6-4-5-20(15-21)16-23-24(32)10-14-31(29-23)22-9-13-30(2)27-17-22/h4-6,10,13-15,17,19,25-26,28H,3,7-8,11-12,16,18H2,1-2H3. The summed E-state index contributed by atoms with van der Waals surface area (Å²) in [6.45, 7) is 5.23. The number of allylic oxidation sites excluding steroid dienone is 1. The first-order chi connectivity index (χ1) is 16.6. The molecule has 2 aromatic rings. The van der Waals surface area contributed by atoms with E-state index < -0.39 is 6.41 Å². The molecule has 1 atom stereocenters. The summed E-state index contributed by atoms with van der Waals surface area (Å²) in [5.74, 6) is 0.545. The van der Waals surface area contributed by atoms with Gasteiger partial charge in [-0.25, -0.2) is 4.68 Å². The molecule has 1 unspecified atom stereocenters. The van der Waals surface area contributed by atoms with Crippen molar-refractivity contribution < 1.29 is 9.47 Å². The zero-order valence-electron chi connectivity index (χ0n) is 19.7. The number of nitrogens with zero attached hydrogens (tertiary/aromatic N) is 4. The molecule has 1 fully saturated rings. The number of piperidine rings is 1. The third-order valence-corrected chi connectivity index (χ3v) is 5.73. The Labute approximate surface area is 199 Å². The Bertz CT molecular complexity index is 1120. The summed E-state index contributed by atoms with van der Waals surface area (Å²) in [6, 6.07) is 9.40. The fraction of sp³-hybridized carbons (Fsp3) is 0.440. The van der Waals surface area contributed by atoms with Crippen molar-refractivity contribution in [2.24, 2.45) is 11.0 Å². The van der Waals surface area contributed by atoms with Crippen LogP contribution in [0.4, 0.5) is 5.69 Å². The summed E-state index contributed by atoms with van der Waals surface area (Å²) in [4.78, 5) is 12.5. The molecule has 0 aliphatic carbocycles. The van der Waals surface area contributed by atoms with Gasteiger partial charge in [-0.15, -0.1) is 0 Å². The third kappa shape index (κ3) is 6.65. The van der Waals surface area contributed by atoms with E-state index >= 15 is 0 Å². The Balaban J connectivity index is 1.43. The minimum Gasteiger partial charge on any atom is -0.337 e. The van der Waals surface area contributed by atoms with Gasteiger partial charge in [0.1, 0.15) is 11.4 Å². The van der Waals surface area contributed by atoms with Gasteiger partial charge in [-0.2, -0.15) is 10.2 Å². The van der Waals surface area contributed by atoms with E-state index in [1.54, 1.807) is 28.3 Å². The molecule has 9 nitrogen and oxygen atoms in total. The molecule has 0 radical (unpaired) electrons. The Morgan fingerprint density at radius 1 is 1.26 bits per heavy atom. The van der Waals surface area contributed by atoms with E-state index in [2.05, 4.69) is 26.6 Å². The summed E-state index contributed by atoms with van der Waals surface area (Å²) >= 11 is 0. The molecule has 1 saturated heterocycles. The first-order valence-electron chi connectivity index (χ1n) is 11.7. The van der Waals surface area contributed by atoms with Gasteiger partial charge in [0.25, 0.3) is 0 Å². The lowest BCUT2D eigenvalue weighted by Gasteiger charge is -2.26. The van der Waals surface area contributed by atoms with Crippen molar-refractivity contribution in [3.63, 3.8) is 0 Å². The van der Waals surface area contributed by atoms with Gasteiger partial charge in [0.15, 0.2) is 0 Å². The summed E-state index contributed by atoms with van der Waals surface area (Å²) in [5, 5.41) is 17.1. The van der Waals surface area contributed by atoms with E-state index in [1.165, 1.54) is 6.07 Å². The molecule has 2 aliphatic heterocycles. The number of rotatable bonds is 10. The number of ether oxygens (including phenoxy) is 2. The van der Waals surface area contributed by atoms with Crippen LogP contribution in [0.5, 0.6) is 0 Å². The van der Waals surface area contributed by atoms with Crippen LogP contribution in [-0.4, -0.2) is 60.8 Å². The van der Waals surface area contributed by atoms with E-state index in [0.717, 1.165) is 37.2 Å². The van der Waals surface area contributed by atoms with Crippen molar-refractivity contribution in [3.8, 4) is 0 Å². The largest absolute Gasteiger partial charge is 0.337 e. The topological polar surface area (TPSA) is 93.0 Å². The van der Waals surface area contributed by atoms with Crippen molar-refractivity contribution in [1.29, 1.82) is 0 Å². The Morgan fingerprint density at radius 2 is 2.12 bits per heavy atom. The first-order valence-corrected chi connectivity index (χ1v) is 11.7. The molecule has 1 aromatic carbocycles. The summed E-state index contributed by atoms with van der Waals surface area (Å²) in [7, 11) is 1.82. The first kappa shape index (κ1) is 23.9. The minimum absolute atomic E-state index is 0.110. The van der Waals surface area contributed by atoms with Crippen molar-refractivity contribution in [2.45, 2.75) is 32.6 Å². The Hall–Kier alpha value is -3.23. The van der Waals surface area contributed by atoms with E-state index in [9.17, 15) is 4.79 Å². The van der Waals surface area contributed by atoms with Crippen LogP contribution in [0.25, 0.3) is 5.70 Å². The lowest BCUT2D eigenvalue weighted by molar-refractivity contribution is -0.130. The second-order valence-electron chi connectivity index (χ2n) is 8.38.